The maximum atomic E-state index is 13.0. The first-order valence-electron chi connectivity index (χ1n) is 7.52. The van der Waals surface area contributed by atoms with Crippen LogP contribution in [0.15, 0.2) is 29.4 Å². The van der Waals surface area contributed by atoms with Gasteiger partial charge in [-0.2, -0.15) is 9.40 Å². The molecule has 0 aliphatic carbocycles. The third-order valence-corrected chi connectivity index (χ3v) is 6.03. The molecule has 0 spiro atoms. The molecule has 1 unspecified atom stereocenters. The van der Waals surface area contributed by atoms with Crippen LogP contribution in [0.4, 0.5) is 0 Å². The van der Waals surface area contributed by atoms with Crippen molar-refractivity contribution in [1.82, 2.24) is 19.5 Å². The molecule has 3 rings (SSSR count). The Bertz CT molecular complexity index is 774. The number of hydrogen-bond donors (Lipinski definition) is 1. The SMILES string of the molecule is COc1ccc(C)cc1S(=O)(=O)N1CCCC(c2ncn[nH]2)C1. The van der Waals surface area contributed by atoms with Gasteiger partial charge in [-0.05, 0) is 37.5 Å². The average Bonchev–Trinajstić information content (AvgIpc) is 3.09. The van der Waals surface area contributed by atoms with E-state index in [0.29, 0.717) is 18.8 Å². The Balaban J connectivity index is 1.92. The van der Waals surface area contributed by atoms with Crippen LogP contribution in [-0.2, 0) is 10.0 Å². The highest BCUT2D eigenvalue weighted by Crippen LogP contribution is 2.32. The van der Waals surface area contributed by atoms with E-state index in [2.05, 4.69) is 15.2 Å². The zero-order valence-corrected chi connectivity index (χ0v) is 14.0. The van der Waals surface area contributed by atoms with Crippen molar-refractivity contribution in [2.24, 2.45) is 0 Å². The largest absolute Gasteiger partial charge is 0.495 e. The van der Waals surface area contributed by atoms with Crippen molar-refractivity contribution in [1.29, 1.82) is 0 Å². The number of sulfonamides is 1. The fraction of sp³-hybridized carbons (Fsp3) is 0.467. The summed E-state index contributed by atoms with van der Waals surface area (Å²) in [6.07, 6.45) is 3.14. The van der Waals surface area contributed by atoms with E-state index in [1.807, 2.05) is 13.0 Å². The average molecular weight is 336 g/mol. The van der Waals surface area contributed by atoms with Gasteiger partial charge < -0.3 is 4.74 Å². The number of ether oxygens (including phenoxy) is 1. The quantitative estimate of drug-likeness (QED) is 0.918. The Hall–Kier alpha value is -1.93. The van der Waals surface area contributed by atoms with E-state index < -0.39 is 10.0 Å². The number of methoxy groups -OCH3 is 1. The van der Waals surface area contributed by atoms with E-state index in [-0.39, 0.29) is 10.8 Å². The monoisotopic (exact) mass is 336 g/mol. The van der Waals surface area contributed by atoms with Crippen LogP contribution in [0.3, 0.4) is 0 Å². The number of hydrogen-bond acceptors (Lipinski definition) is 5. The number of nitrogens with zero attached hydrogens (tertiary/aromatic N) is 3. The van der Waals surface area contributed by atoms with Crippen LogP contribution >= 0.6 is 0 Å². The number of piperidine rings is 1. The van der Waals surface area contributed by atoms with Crippen LogP contribution in [0.5, 0.6) is 5.75 Å². The van der Waals surface area contributed by atoms with Gasteiger partial charge in [0.2, 0.25) is 10.0 Å². The van der Waals surface area contributed by atoms with Gasteiger partial charge in [0.05, 0.1) is 7.11 Å². The molecule has 1 atom stereocenters. The first-order chi connectivity index (χ1) is 11.0. The van der Waals surface area contributed by atoms with Gasteiger partial charge in [0.15, 0.2) is 0 Å². The van der Waals surface area contributed by atoms with Crippen molar-refractivity contribution in [3.8, 4) is 5.75 Å². The third-order valence-electron chi connectivity index (χ3n) is 4.14. The normalized spacial score (nSPS) is 19.7. The number of aromatic nitrogens is 3. The van der Waals surface area contributed by atoms with E-state index in [1.54, 1.807) is 12.1 Å². The van der Waals surface area contributed by atoms with Gasteiger partial charge in [0.1, 0.15) is 22.8 Å². The molecule has 0 bridgehead atoms. The zero-order valence-electron chi connectivity index (χ0n) is 13.2. The summed E-state index contributed by atoms with van der Waals surface area (Å²) in [6.45, 7) is 2.77. The summed E-state index contributed by atoms with van der Waals surface area (Å²) in [6, 6.07) is 5.19. The molecular formula is C15H20N4O3S. The number of aromatic amines is 1. The maximum absolute atomic E-state index is 13.0. The molecule has 8 heteroatoms. The lowest BCUT2D eigenvalue weighted by Crippen LogP contribution is -2.39. The second-order valence-electron chi connectivity index (χ2n) is 5.73. The third kappa shape index (κ3) is 3.09. The molecule has 1 N–H and O–H groups in total. The van der Waals surface area contributed by atoms with Crippen molar-refractivity contribution in [2.45, 2.75) is 30.6 Å². The Labute approximate surface area is 135 Å². The molecular weight excluding hydrogens is 316 g/mol. The Morgan fingerprint density at radius 1 is 1.39 bits per heavy atom. The van der Waals surface area contributed by atoms with E-state index in [9.17, 15) is 8.42 Å². The number of H-pyrrole nitrogens is 1. The van der Waals surface area contributed by atoms with E-state index in [1.165, 1.54) is 17.7 Å². The summed E-state index contributed by atoms with van der Waals surface area (Å²) in [5, 5.41) is 6.70. The Morgan fingerprint density at radius 3 is 2.91 bits per heavy atom. The van der Waals surface area contributed by atoms with Gasteiger partial charge >= 0.3 is 0 Å². The van der Waals surface area contributed by atoms with Gasteiger partial charge in [-0.15, -0.1) is 0 Å². The molecule has 0 amide bonds. The van der Waals surface area contributed by atoms with Crippen molar-refractivity contribution in [3.63, 3.8) is 0 Å². The fourth-order valence-corrected chi connectivity index (χ4v) is 4.68. The number of nitrogens with one attached hydrogen (secondary N) is 1. The van der Waals surface area contributed by atoms with Gasteiger partial charge in [-0.1, -0.05) is 6.07 Å². The van der Waals surface area contributed by atoms with Gasteiger partial charge in [0.25, 0.3) is 0 Å². The lowest BCUT2D eigenvalue weighted by molar-refractivity contribution is 0.307. The molecule has 1 aliphatic heterocycles. The predicted octanol–water partition coefficient (Wildman–Crippen LogP) is 1.69. The minimum absolute atomic E-state index is 0.0387. The lowest BCUT2D eigenvalue weighted by Gasteiger charge is -2.31. The van der Waals surface area contributed by atoms with E-state index in [4.69, 9.17) is 4.74 Å². The van der Waals surface area contributed by atoms with Crippen molar-refractivity contribution < 1.29 is 13.2 Å². The standard InChI is InChI=1S/C15H20N4O3S/c1-11-5-6-13(22-2)14(8-11)23(20,21)19-7-3-4-12(9-19)15-16-10-17-18-15/h5-6,8,10,12H,3-4,7,9H2,1-2H3,(H,16,17,18). The molecule has 2 heterocycles. The lowest BCUT2D eigenvalue weighted by atomic mass is 9.99. The van der Waals surface area contributed by atoms with E-state index >= 15 is 0 Å². The molecule has 0 radical (unpaired) electrons. The molecule has 7 nitrogen and oxygen atoms in total. The highest BCUT2D eigenvalue weighted by atomic mass is 32.2. The number of aryl methyl sites for hydroxylation is 1. The first-order valence-corrected chi connectivity index (χ1v) is 8.96. The van der Waals surface area contributed by atoms with Crippen molar-refractivity contribution >= 4 is 10.0 Å². The molecule has 2 aromatic rings. The van der Waals surface area contributed by atoms with Gasteiger partial charge in [0, 0.05) is 19.0 Å². The minimum atomic E-state index is -3.61. The topological polar surface area (TPSA) is 88.2 Å². The highest BCUT2D eigenvalue weighted by Gasteiger charge is 2.33. The molecule has 1 fully saturated rings. The van der Waals surface area contributed by atoms with Crippen molar-refractivity contribution in [2.75, 3.05) is 20.2 Å². The molecule has 124 valence electrons. The molecule has 1 aromatic heterocycles. The van der Waals surface area contributed by atoms with Crippen LogP contribution in [-0.4, -0.2) is 48.1 Å². The maximum Gasteiger partial charge on any atom is 0.246 e. The summed E-state index contributed by atoms with van der Waals surface area (Å²) >= 11 is 0. The van der Waals surface area contributed by atoms with Gasteiger partial charge in [-0.25, -0.2) is 13.4 Å². The van der Waals surface area contributed by atoms with Crippen LogP contribution in [0.1, 0.15) is 30.1 Å². The molecule has 1 aromatic carbocycles. The molecule has 1 saturated heterocycles. The van der Waals surface area contributed by atoms with Crippen LogP contribution in [0.25, 0.3) is 0 Å². The molecule has 23 heavy (non-hydrogen) atoms. The van der Waals surface area contributed by atoms with Gasteiger partial charge in [-0.3, -0.25) is 5.10 Å². The Morgan fingerprint density at radius 2 is 2.22 bits per heavy atom. The summed E-state index contributed by atoms with van der Waals surface area (Å²) < 4.78 is 32.8. The van der Waals surface area contributed by atoms with Crippen molar-refractivity contribution in [3.05, 3.63) is 35.9 Å². The summed E-state index contributed by atoms with van der Waals surface area (Å²) in [5.41, 5.74) is 0.883. The second-order valence-corrected chi connectivity index (χ2v) is 7.63. The predicted molar refractivity (Wildman–Crippen MR) is 84.8 cm³/mol. The zero-order chi connectivity index (χ0) is 16.4. The van der Waals surface area contributed by atoms with Crippen LogP contribution in [0.2, 0.25) is 0 Å². The minimum Gasteiger partial charge on any atom is -0.495 e. The fourth-order valence-electron chi connectivity index (χ4n) is 2.92. The highest BCUT2D eigenvalue weighted by molar-refractivity contribution is 7.89. The van der Waals surface area contributed by atoms with Crippen LogP contribution in [0, 0.1) is 6.92 Å². The number of rotatable bonds is 4. The summed E-state index contributed by atoms with van der Waals surface area (Å²) in [7, 11) is -2.12. The first kappa shape index (κ1) is 15.9. The summed E-state index contributed by atoms with van der Waals surface area (Å²) in [5.74, 6) is 1.15. The molecule has 0 saturated carbocycles. The number of benzene rings is 1. The smallest absolute Gasteiger partial charge is 0.246 e. The second kappa shape index (κ2) is 6.29. The Kier molecular flexibility index (Phi) is 4.36. The van der Waals surface area contributed by atoms with E-state index in [0.717, 1.165) is 24.2 Å². The van der Waals surface area contributed by atoms with Crippen LogP contribution < -0.4 is 4.74 Å². The molecule has 1 aliphatic rings. The summed E-state index contributed by atoms with van der Waals surface area (Å²) in [4.78, 5) is 4.38.